The number of thiazole rings is 1. The topological polar surface area (TPSA) is 38.9 Å². The van der Waals surface area contributed by atoms with Gasteiger partial charge in [-0.25, -0.2) is 4.98 Å². The molecule has 0 fully saturated rings. The predicted molar refractivity (Wildman–Crippen MR) is 112 cm³/mol. The van der Waals surface area contributed by atoms with Crippen molar-refractivity contribution in [1.82, 2.24) is 9.38 Å². The monoisotopic (exact) mass is 435 g/mol. The van der Waals surface area contributed by atoms with Gasteiger partial charge in [-0.2, -0.15) is 0 Å². The van der Waals surface area contributed by atoms with Gasteiger partial charge in [0, 0.05) is 37.8 Å². The summed E-state index contributed by atoms with van der Waals surface area (Å²) in [5, 5.41) is 7.84. The molecular formula is C19H12Cl3N3OS. The Kier molecular flexibility index (Phi) is 5.36. The van der Waals surface area contributed by atoms with Crippen LogP contribution in [0.5, 0.6) is 0 Å². The van der Waals surface area contributed by atoms with E-state index in [2.05, 4.69) is 10.1 Å². The maximum absolute atomic E-state index is 6.15. The van der Waals surface area contributed by atoms with E-state index in [0.717, 1.165) is 21.9 Å². The molecule has 0 unspecified atom stereocenters. The van der Waals surface area contributed by atoms with E-state index in [1.807, 2.05) is 40.2 Å². The molecule has 0 radical (unpaired) electrons. The first-order valence-electron chi connectivity index (χ1n) is 7.93. The molecular weight excluding hydrogens is 425 g/mol. The molecule has 0 bridgehead atoms. The van der Waals surface area contributed by atoms with Crippen LogP contribution in [0.1, 0.15) is 11.3 Å². The van der Waals surface area contributed by atoms with Crippen LogP contribution >= 0.6 is 46.1 Å². The summed E-state index contributed by atoms with van der Waals surface area (Å²) in [6.45, 7) is 0.177. The van der Waals surface area contributed by atoms with E-state index >= 15 is 0 Å². The summed E-state index contributed by atoms with van der Waals surface area (Å²) in [5.74, 6) is 0. The zero-order valence-corrected chi connectivity index (χ0v) is 16.9. The Morgan fingerprint density at radius 2 is 1.81 bits per heavy atom. The molecule has 136 valence electrons. The van der Waals surface area contributed by atoms with Crippen molar-refractivity contribution in [2.24, 2.45) is 5.16 Å². The second kappa shape index (κ2) is 7.90. The average Bonchev–Trinajstić information content (AvgIpc) is 3.23. The Morgan fingerprint density at radius 3 is 2.56 bits per heavy atom. The minimum atomic E-state index is 0.177. The number of oxime groups is 1. The van der Waals surface area contributed by atoms with Gasteiger partial charge in [-0.1, -0.05) is 58.2 Å². The molecule has 4 rings (SSSR count). The van der Waals surface area contributed by atoms with Crippen LogP contribution in [0.3, 0.4) is 0 Å². The molecule has 2 heterocycles. The highest BCUT2D eigenvalue weighted by atomic mass is 35.5. The number of hydrogen-bond donors (Lipinski definition) is 0. The van der Waals surface area contributed by atoms with Crippen LogP contribution in [0.2, 0.25) is 15.1 Å². The molecule has 0 saturated carbocycles. The Balaban J connectivity index is 1.61. The molecule has 4 aromatic rings. The second-order valence-corrected chi connectivity index (χ2v) is 7.74. The van der Waals surface area contributed by atoms with Gasteiger partial charge in [0.25, 0.3) is 0 Å². The first kappa shape index (κ1) is 18.3. The van der Waals surface area contributed by atoms with Crippen molar-refractivity contribution in [2.45, 2.75) is 6.61 Å². The van der Waals surface area contributed by atoms with E-state index in [4.69, 9.17) is 39.6 Å². The quantitative estimate of drug-likeness (QED) is 0.262. The summed E-state index contributed by atoms with van der Waals surface area (Å²) in [7, 11) is 0. The van der Waals surface area contributed by atoms with Crippen LogP contribution in [0, 0.1) is 0 Å². The van der Waals surface area contributed by atoms with Crippen molar-refractivity contribution in [2.75, 3.05) is 0 Å². The molecule has 0 saturated heterocycles. The lowest BCUT2D eigenvalue weighted by Gasteiger charge is -2.05. The maximum Gasteiger partial charge on any atom is 0.194 e. The Morgan fingerprint density at radius 1 is 1.07 bits per heavy atom. The van der Waals surface area contributed by atoms with Gasteiger partial charge in [0.1, 0.15) is 6.61 Å². The van der Waals surface area contributed by atoms with Crippen molar-refractivity contribution in [3.63, 3.8) is 0 Å². The van der Waals surface area contributed by atoms with Crippen LogP contribution < -0.4 is 0 Å². The average molecular weight is 437 g/mol. The van der Waals surface area contributed by atoms with Gasteiger partial charge < -0.3 is 4.84 Å². The van der Waals surface area contributed by atoms with Crippen molar-refractivity contribution in [3.8, 4) is 11.3 Å². The third-order valence-corrected chi connectivity index (χ3v) is 5.65. The molecule has 27 heavy (non-hydrogen) atoms. The van der Waals surface area contributed by atoms with Crippen LogP contribution in [0.4, 0.5) is 0 Å². The van der Waals surface area contributed by atoms with Gasteiger partial charge in [0.15, 0.2) is 4.96 Å². The number of halogens is 3. The summed E-state index contributed by atoms with van der Waals surface area (Å²) in [6, 6.07) is 12.8. The number of fused-ring (bicyclic) bond motifs is 1. The van der Waals surface area contributed by atoms with E-state index in [9.17, 15) is 0 Å². The molecule has 0 amide bonds. The first-order chi connectivity index (χ1) is 13.1. The summed E-state index contributed by atoms with van der Waals surface area (Å²) in [6.07, 6.45) is 3.58. The highest BCUT2D eigenvalue weighted by molar-refractivity contribution is 7.15. The standard InChI is InChI=1S/C19H12Cl3N3OS/c20-13-6-4-12(5-7-13)18-17(25-8-9-27-19(25)24-18)10-23-26-11-14-15(21)2-1-3-16(14)22/h1-10H,11H2/b23-10-. The number of benzene rings is 2. The van der Waals surface area contributed by atoms with Crippen LogP contribution in [-0.4, -0.2) is 15.6 Å². The van der Waals surface area contributed by atoms with E-state index in [-0.39, 0.29) is 6.61 Å². The van der Waals surface area contributed by atoms with Crippen LogP contribution in [0.25, 0.3) is 16.2 Å². The van der Waals surface area contributed by atoms with E-state index in [0.29, 0.717) is 20.6 Å². The third-order valence-electron chi connectivity index (χ3n) is 3.94. The molecule has 0 aliphatic rings. The SMILES string of the molecule is Clc1ccc(-c2nc3sccn3c2/C=N\OCc2c(Cl)cccc2Cl)cc1. The van der Waals surface area contributed by atoms with Gasteiger partial charge in [-0.3, -0.25) is 4.40 Å². The van der Waals surface area contributed by atoms with Gasteiger partial charge >= 0.3 is 0 Å². The summed E-state index contributed by atoms with van der Waals surface area (Å²) >= 11 is 19.8. The zero-order valence-electron chi connectivity index (χ0n) is 13.8. The van der Waals surface area contributed by atoms with Crippen LogP contribution in [-0.2, 0) is 11.4 Å². The summed E-state index contributed by atoms with van der Waals surface area (Å²) < 4.78 is 1.96. The highest BCUT2D eigenvalue weighted by Gasteiger charge is 2.14. The minimum Gasteiger partial charge on any atom is -0.391 e. The summed E-state index contributed by atoms with van der Waals surface area (Å²) in [5.41, 5.74) is 3.27. The van der Waals surface area contributed by atoms with Gasteiger partial charge in [-0.05, 0) is 24.3 Å². The third kappa shape index (κ3) is 3.82. The van der Waals surface area contributed by atoms with Gasteiger partial charge in [0.2, 0.25) is 0 Å². The molecule has 2 aromatic heterocycles. The normalized spacial score (nSPS) is 11.5. The smallest absolute Gasteiger partial charge is 0.194 e. The summed E-state index contributed by atoms with van der Waals surface area (Å²) in [4.78, 5) is 11.0. The minimum absolute atomic E-state index is 0.177. The number of aromatic nitrogens is 2. The van der Waals surface area contributed by atoms with E-state index < -0.39 is 0 Å². The fraction of sp³-hybridized carbons (Fsp3) is 0.0526. The highest BCUT2D eigenvalue weighted by Crippen LogP contribution is 2.27. The Labute approximate surface area is 174 Å². The number of nitrogens with zero attached hydrogens (tertiary/aromatic N) is 3. The first-order valence-corrected chi connectivity index (χ1v) is 9.94. The molecule has 0 aliphatic carbocycles. The van der Waals surface area contributed by atoms with Gasteiger partial charge in [-0.15, -0.1) is 11.3 Å². The number of imidazole rings is 1. The fourth-order valence-electron chi connectivity index (χ4n) is 2.61. The fourth-order valence-corrected chi connectivity index (χ4v) is 3.96. The molecule has 0 spiro atoms. The van der Waals surface area contributed by atoms with E-state index in [1.54, 1.807) is 35.8 Å². The molecule has 0 N–H and O–H groups in total. The molecule has 2 aromatic carbocycles. The van der Waals surface area contributed by atoms with Crippen molar-refractivity contribution >= 4 is 57.3 Å². The molecule has 0 atom stereocenters. The molecule has 0 aliphatic heterocycles. The maximum atomic E-state index is 6.15. The van der Waals surface area contributed by atoms with E-state index in [1.165, 1.54) is 0 Å². The van der Waals surface area contributed by atoms with Crippen LogP contribution in [0.15, 0.2) is 59.2 Å². The largest absolute Gasteiger partial charge is 0.391 e. The van der Waals surface area contributed by atoms with Crippen molar-refractivity contribution in [3.05, 3.63) is 80.4 Å². The van der Waals surface area contributed by atoms with Crippen molar-refractivity contribution in [1.29, 1.82) is 0 Å². The predicted octanol–water partition coefficient (Wildman–Crippen LogP) is 6.57. The lowest BCUT2D eigenvalue weighted by Crippen LogP contribution is -1.94. The number of hydrogen-bond acceptors (Lipinski definition) is 4. The Bertz CT molecular complexity index is 1100. The lowest BCUT2D eigenvalue weighted by molar-refractivity contribution is 0.132. The Hall–Kier alpha value is -2.05. The number of rotatable bonds is 5. The van der Waals surface area contributed by atoms with Crippen molar-refractivity contribution < 1.29 is 4.84 Å². The zero-order chi connectivity index (χ0) is 18.8. The molecule has 4 nitrogen and oxygen atoms in total. The second-order valence-electron chi connectivity index (χ2n) is 5.62. The van der Waals surface area contributed by atoms with Gasteiger partial charge in [0.05, 0.1) is 17.6 Å². The molecule has 8 heteroatoms. The lowest BCUT2D eigenvalue weighted by atomic mass is 10.1.